The number of hydrogen-bond donors (Lipinski definition) is 2. The molecule has 0 atom stereocenters. The summed E-state index contributed by atoms with van der Waals surface area (Å²) in [6, 6.07) is 0.208. The van der Waals surface area contributed by atoms with Crippen LogP contribution in [0, 0.1) is 0 Å². The summed E-state index contributed by atoms with van der Waals surface area (Å²) >= 11 is 0. The van der Waals surface area contributed by atoms with Crippen LogP contribution in [0.3, 0.4) is 0 Å². The molecule has 0 aromatic rings. The molecular formula is C33H48N2O4. The van der Waals surface area contributed by atoms with Gasteiger partial charge in [-0.25, -0.2) is 4.79 Å². The van der Waals surface area contributed by atoms with E-state index >= 15 is 0 Å². The molecule has 6 nitrogen and oxygen atoms in total. The molecule has 2 N–H and O–H groups in total. The van der Waals surface area contributed by atoms with Gasteiger partial charge in [-0.2, -0.15) is 0 Å². The van der Waals surface area contributed by atoms with Crippen molar-refractivity contribution in [1.82, 2.24) is 10.2 Å². The first-order chi connectivity index (χ1) is 18.9. The van der Waals surface area contributed by atoms with E-state index in [1.807, 2.05) is 0 Å². The Morgan fingerprint density at radius 1 is 0.718 bits per heavy atom. The molecule has 0 unspecified atom stereocenters. The van der Waals surface area contributed by atoms with Crippen molar-refractivity contribution in [2.45, 2.75) is 96.1 Å². The van der Waals surface area contributed by atoms with Crippen molar-refractivity contribution in [3.63, 3.8) is 0 Å². The molecule has 0 bridgehead atoms. The van der Waals surface area contributed by atoms with Crippen molar-refractivity contribution >= 4 is 17.8 Å². The summed E-state index contributed by atoms with van der Waals surface area (Å²) in [4.78, 5) is 36.5. The van der Waals surface area contributed by atoms with Crippen LogP contribution in [0.4, 0.5) is 0 Å². The minimum atomic E-state index is -1.13. The van der Waals surface area contributed by atoms with Crippen LogP contribution in [-0.2, 0) is 14.4 Å². The first kappa shape index (κ1) is 33.6. The Hall–Kier alpha value is -3.41. The molecule has 0 aromatic heterocycles. The minimum absolute atomic E-state index is 0.0619. The third-order valence-corrected chi connectivity index (χ3v) is 6.46. The highest BCUT2D eigenvalue weighted by Gasteiger charge is 2.26. The highest BCUT2D eigenvalue weighted by molar-refractivity contribution is 5.93. The van der Waals surface area contributed by atoms with Crippen LogP contribution in [0.1, 0.15) is 84.0 Å². The van der Waals surface area contributed by atoms with Gasteiger partial charge in [0, 0.05) is 37.7 Å². The fourth-order valence-corrected chi connectivity index (χ4v) is 4.20. The number of carbonyl (C=O) groups is 3. The van der Waals surface area contributed by atoms with Gasteiger partial charge in [0.05, 0.1) is 0 Å². The zero-order valence-electron chi connectivity index (χ0n) is 23.8. The van der Waals surface area contributed by atoms with E-state index in [2.05, 4.69) is 85.2 Å². The average molecular weight is 537 g/mol. The Labute approximate surface area is 235 Å². The van der Waals surface area contributed by atoms with Crippen molar-refractivity contribution in [2.75, 3.05) is 7.05 Å². The summed E-state index contributed by atoms with van der Waals surface area (Å²) in [7, 11) is 1.70. The van der Waals surface area contributed by atoms with E-state index in [4.69, 9.17) is 5.11 Å². The molecule has 0 spiro atoms. The van der Waals surface area contributed by atoms with Crippen LogP contribution in [0.25, 0.3) is 0 Å². The second kappa shape index (κ2) is 22.6. The summed E-state index contributed by atoms with van der Waals surface area (Å²) in [5, 5.41) is 11.8. The minimum Gasteiger partial charge on any atom is -0.478 e. The molecule has 0 aromatic carbocycles. The van der Waals surface area contributed by atoms with Gasteiger partial charge in [0.25, 0.3) is 0 Å². The maximum absolute atomic E-state index is 12.3. The first-order valence-corrected chi connectivity index (χ1v) is 14.3. The summed E-state index contributed by atoms with van der Waals surface area (Å²) in [5.74, 6) is -1.37. The van der Waals surface area contributed by atoms with Crippen LogP contribution in [0.5, 0.6) is 0 Å². The Balaban J connectivity index is 2.08. The van der Waals surface area contributed by atoms with Crippen LogP contribution in [-0.4, -0.2) is 46.9 Å². The summed E-state index contributed by atoms with van der Waals surface area (Å²) in [6.45, 7) is 2.15. The van der Waals surface area contributed by atoms with Gasteiger partial charge in [0.15, 0.2) is 0 Å². The third-order valence-electron chi connectivity index (χ3n) is 6.46. The number of hydrogen-bond acceptors (Lipinski definition) is 3. The van der Waals surface area contributed by atoms with Crippen LogP contribution in [0.2, 0.25) is 0 Å². The van der Waals surface area contributed by atoms with E-state index in [1.165, 1.54) is 0 Å². The zero-order chi connectivity index (χ0) is 28.6. The van der Waals surface area contributed by atoms with Crippen molar-refractivity contribution in [2.24, 2.45) is 0 Å². The van der Waals surface area contributed by atoms with E-state index in [0.717, 1.165) is 82.8 Å². The van der Waals surface area contributed by atoms with Crippen molar-refractivity contribution in [3.05, 3.63) is 85.1 Å². The standard InChI is InChI=1S/C33H48N2O4/c1-3-4-5-6-7-8-9-10-11-12-13-14-15-16-17-18-19-20-21-22-31(36)34-29-23-25-30(26-24-29)35(2)32(37)27-28-33(38)39/h4-5,7-8,10-11,13-14,16-17,19-20,27-30H,3,6,9,12,15,18,21-26H2,1-2H3,(H,34,36)(H,38,39). The lowest BCUT2D eigenvalue weighted by Crippen LogP contribution is -2.44. The number of carboxylic acid groups (broad SMARTS) is 1. The SMILES string of the molecule is CCC=CCC=CCC=CCC=CCC=CCC=CCCC(=O)NC1CCC(N(C)C(=O)C=CC(=O)O)CC1. The molecule has 0 radical (unpaired) electrons. The summed E-state index contributed by atoms with van der Waals surface area (Å²) in [5.41, 5.74) is 0. The lowest BCUT2D eigenvalue weighted by Gasteiger charge is -2.34. The Bertz CT molecular complexity index is 916. The molecule has 6 heteroatoms. The summed E-state index contributed by atoms with van der Waals surface area (Å²) < 4.78 is 0. The molecular weight excluding hydrogens is 488 g/mol. The average Bonchev–Trinajstić information content (AvgIpc) is 2.93. The second-order valence-electron chi connectivity index (χ2n) is 9.65. The lowest BCUT2D eigenvalue weighted by atomic mass is 9.90. The maximum atomic E-state index is 12.3. The fourth-order valence-electron chi connectivity index (χ4n) is 4.20. The molecule has 214 valence electrons. The number of allylic oxidation sites excluding steroid dienone is 12. The Morgan fingerprint density at radius 3 is 1.64 bits per heavy atom. The van der Waals surface area contributed by atoms with Crippen LogP contribution >= 0.6 is 0 Å². The molecule has 1 aliphatic rings. The van der Waals surface area contributed by atoms with Gasteiger partial charge in [0.2, 0.25) is 11.8 Å². The van der Waals surface area contributed by atoms with Gasteiger partial charge in [-0.1, -0.05) is 79.8 Å². The van der Waals surface area contributed by atoms with Crippen LogP contribution < -0.4 is 5.32 Å². The van der Waals surface area contributed by atoms with Crippen molar-refractivity contribution < 1.29 is 19.5 Å². The Morgan fingerprint density at radius 2 is 1.18 bits per heavy atom. The number of carboxylic acids is 1. The van der Waals surface area contributed by atoms with Gasteiger partial charge in [-0.3, -0.25) is 9.59 Å². The van der Waals surface area contributed by atoms with E-state index in [0.29, 0.717) is 6.42 Å². The molecule has 0 saturated heterocycles. The normalized spacial score (nSPS) is 18.6. The smallest absolute Gasteiger partial charge is 0.328 e. The molecule has 1 aliphatic carbocycles. The molecule has 39 heavy (non-hydrogen) atoms. The number of likely N-dealkylation sites (N-methyl/N-ethyl adjacent to an activating group) is 1. The first-order valence-electron chi connectivity index (χ1n) is 14.3. The number of rotatable bonds is 18. The number of nitrogens with one attached hydrogen (secondary N) is 1. The number of carbonyl (C=O) groups excluding carboxylic acids is 2. The van der Waals surface area contributed by atoms with E-state index in [9.17, 15) is 14.4 Å². The van der Waals surface area contributed by atoms with E-state index < -0.39 is 5.97 Å². The third kappa shape index (κ3) is 18.5. The second-order valence-corrected chi connectivity index (χ2v) is 9.65. The topological polar surface area (TPSA) is 86.7 Å². The predicted molar refractivity (Wildman–Crippen MR) is 161 cm³/mol. The van der Waals surface area contributed by atoms with Gasteiger partial charge in [-0.05, 0) is 70.6 Å². The van der Waals surface area contributed by atoms with Gasteiger partial charge >= 0.3 is 5.97 Å². The highest BCUT2D eigenvalue weighted by atomic mass is 16.4. The fraction of sp³-hybridized carbons (Fsp3) is 0.485. The number of nitrogens with zero attached hydrogens (tertiary/aromatic N) is 1. The quantitative estimate of drug-likeness (QED) is 0.146. The maximum Gasteiger partial charge on any atom is 0.328 e. The molecule has 1 saturated carbocycles. The molecule has 2 amide bonds. The van der Waals surface area contributed by atoms with Crippen molar-refractivity contribution in [3.8, 4) is 0 Å². The largest absolute Gasteiger partial charge is 0.478 e. The molecule has 0 aliphatic heterocycles. The van der Waals surface area contributed by atoms with E-state index in [1.54, 1.807) is 11.9 Å². The van der Waals surface area contributed by atoms with E-state index in [-0.39, 0.29) is 23.9 Å². The van der Waals surface area contributed by atoms with Gasteiger partial charge in [0.1, 0.15) is 0 Å². The molecule has 1 fully saturated rings. The zero-order valence-corrected chi connectivity index (χ0v) is 23.8. The lowest BCUT2D eigenvalue weighted by molar-refractivity contribution is -0.132. The van der Waals surface area contributed by atoms with Crippen molar-refractivity contribution in [1.29, 1.82) is 0 Å². The Kier molecular flexibility index (Phi) is 19.4. The van der Waals surface area contributed by atoms with Gasteiger partial charge < -0.3 is 15.3 Å². The predicted octanol–water partition coefficient (Wildman–Crippen LogP) is 6.99. The monoisotopic (exact) mass is 536 g/mol. The highest BCUT2D eigenvalue weighted by Crippen LogP contribution is 2.23. The van der Waals surface area contributed by atoms with Gasteiger partial charge in [-0.15, -0.1) is 0 Å². The summed E-state index contributed by atoms with van der Waals surface area (Å²) in [6.07, 6.45) is 38.2. The van der Waals surface area contributed by atoms with Crippen LogP contribution in [0.15, 0.2) is 85.1 Å². The molecule has 1 rings (SSSR count). The molecule has 0 heterocycles. The number of amides is 2. The number of aliphatic carboxylic acids is 1.